The summed E-state index contributed by atoms with van der Waals surface area (Å²) < 4.78 is 11.1. The minimum atomic E-state index is -1.67. The van der Waals surface area contributed by atoms with Crippen LogP contribution in [0, 0.1) is 0 Å². The molecule has 0 spiro atoms. The van der Waals surface area contributed by atoms with E-state index in [0.717, 1.165) is 38.5 Å². The van der Waals surface area contributed by atoms with Crippen LogP contribution < -0.4 is 5.32 Å². The van der Waals surface area contributed by atoms with Gasteiger partial charge in [0.2, 0.25) is 5.91 Å². The molecule has 1 aliphatic rings. The first-order chi connectivity index (χ1) is 35.7. The first-order valence-electron chi connectivity index (χ1n) is 31.2. The van der Waals surface area contributed by atoms with Crippen molar-refractivity contribution in [1.29, 1.82) is 0 Å². The first-order valence-corrected chi connectivity index (χ1v) is 31.2. The third kappa shape index (κ3) is 39.6. The molecule has 1 rings (SSSR count). The van der Waals surface area contributed by atoms with Crippen LogP contribution in [0.5, 0.6) is 0 Å². The average Bonchev–Trinajstić information content (AvgIpc) is 3.39. The summed E-state index contributed by atoms with van der Waals surface area (Å²) in [4.78, 5) is 13.2. The predicted molar refractivity (Wildman–Crippen MR) is 302 cm³/mol. The van der Waals surface area contributed by atoms with Gasteiger partial charge >= 0.3 is 0 Å². The first kappa shape index (κ1) is 69.6. The Kier molecular flexibility index (Phi) is 49.0. The number of hydrogen-bond acceptors (Lipinski definition) is 10. The molecule has 73 heavy (non-hydrogen) atoms. The van der Waals surface area contributed by atoms with E-state index in [1.54, 1.807) is 0 Å². The summed E-state index contributed by atoms with van der Waals surface area (Å²) in [7, 11) is 0. The molecule has 0 saturated carbocycles. The van der Waals surface area contributed by atoms with Gasteiger partial charge in [-0.05, 0) is 51.4 Å². The molecule has 1 aliphatic heterocycles. The van der Waals surface area contributed by atoms with E-state index in [0.29, 0.717) is 19.3 Å². The highest BCUT2D eigenvalue weighted by Gasteiger charge is 2.44. The van der Waals surface area contributed by atoms with E-state index in [1.807, 2.05) is 0 Å². The fraction of sp³-hybridized carbons (Fsp3) is 0.919. The van der Waals surface area contributed by atoms with Crippen molar-refractivity contribution in [2.45, 2.75) is 351 Å². The maximum absolute atomic E-state index is 13.2. The van der Waals surface area contributed by atoms with Crippen LogP contribution >= 0.6 is 0 Å². The van der Waals surface area contributed by atoms with Crippen molar-refractivity contribution >= 4 is 5.91 Å². The van der Waals surface area contributed by atoms with Gasteiger partial charge in [-0.3, -0.25) is 4.79 Å². The summed E-state index contributed by atoms with van der Waals surface area (Å²) >= 11 is 0. The smallest absolute Gasteiger partial charge is 0.249 e. The van der Waals surface area contributed by atoms with Crippen molar-refractivity contribution < 1.29 is 50.0 Å². The topological polar surface area (TPSA) is 189 Å². The molecule has 11 nitrogen and oxygen atoms in total. The molecule has 9 unspecified atom stereocenters. The average molecular weight is 1040 g/mol. The third-order valence-corrected chi connectivity index (χ3v) is 15.2. The number of carbonyl (C=O) groups excluding carboxylic acids is 1. The molecule has 0 aliphatic carbocycles. The molecule has 11 heteroatoms. The van der Waals surface area contributed by atoms with E-state index in [1.165, 1.54) is 212 Å². The number of nitrogens with one attached hydrogen (secondary N) is 1. The molecule has 8 N–H and O–H groups in total. The Hall–Kier alpha value is -1.41. The lowest BCUT2D eigenvalue weighted by atomic mass is 9.98. The van der Waals surface area contributed by atoms with Crippen molar-refractivity contribution in [2.75, 3.05) is 13.2 Å². The number of allylic oxidation sites excluding steroid dienone is 4. The van der Waals surface area contributed by atoms with Crippen LogP contribution in [-0.2, 0) is 14.3 Å². The number of aliphatic hydroxyl groups excluding tert-OH is 7. The van der Waals surface area contributed by atoms with E-state index >= 15 is 0 Å². The van der Waals surface area contributed by atoms with Crippen LogP contribution in [0.2, 0.25) is 0 Å². The molecule has 1 saturated heterocycles. The number of carbonyl (C=O) groups is 1. The van der Waals surface area contributed by atoms with Crippen LogP contribution in [0.1, 0.15) is 296 Å². The molecule has 432 valence electrons. The molecule has 0 radical (unpaired) electrons. The van der Waals surface area contributed by atoms with Crippen LogP contribution in [0.15, 0.2) is 24.3 Å². The Morgan fingerprint density at radius 2 is 0.822 bits per heavy atom. The van der Waals surface area contributed by atoms with Crippen molar-refractivity contribution in [3.8, 4) is 0 Å². The minimum absolute atomic E-state index is 0.249. The van der Waals surface area contributed by atoms with E-state index in [9.17, 15) is 40.5 Å². The van der Waals surface area contributed by atoms with Gasteiger partial charge in [-0.25, -0.2) is 0 Å². The van der Waals surface area contributed by atoms with Gasteiger partial charge in [0.05, 0.1) is 25.4 Å². The summed E-state index contributed by atoms with van der Waals surface area (Å²) in [6.45, 7) is 3.48. The summed E-state index contributed by atoms with van der Waals surface area (Å²) in [5, 5.41) is 76.2. The highest BCUT2D eigenvalue weighted by atomic mass is 16.7. The Morgan fingerprint density at radius 1 is 0.466 bits per heavy atom. The lowest BCUT2D eigenvalue weighted by Crippen LogP contribution is -2.60. The summed E-state index contributed by atoms with van der Waals surface area (Å²) in [6, 6.07) is -1.19. The van der Waals surface area contributed by atoms with Gasteiger partial charge in [-0.1, -0.05) is 269 Å². The molecule has 0 aromatic rings. The lowest BCUT2D eigenvalue weighted by Gasteiger charge is -2.40. The Bertz CT molecular complexity index is 1240. The molecular formula is C62H119NO10. The zero-order valence-electron chi connectivity index (χ0n) is 47.4. The fourth-order valence-corrected chi connectivity index (χ4v) is 10.2. The van der Waals surface area contributed by atoms with Crippen molar-refractivity contribution in [3.63, 3.8) is 0 Å². The maximum Gasteiger partial charge on any atom is 0.249 e. The molecular weight excluding hydrogens is 919 g/mol. The summed E-state index contributed by atoms with van der Waals surface area (Å²) in [6.07, 6.45) is 51.0. The monoisotopic (exact) mass is 1040 g/mol. The van der Waals surface area contributed by atoms with E-state index in [2.05, 4.69) is 43.5 Å². The van der Waals surface area contributed by atoms with Crippen molar-refractivity contribution in [2.24, 2.45) is 0 Å². The molecule has 1 heterocycles. The lowest BCUT2D eigenvalue weighted by molar-refractivity contribution is -0.303. The molecule has 1 amide bonds. The number of amides is 1. The quantitative estimate of drug-likeness (QED) is 0.0215. The fourth-order valence-electron chi connectivity index (χ4n) is 10.2. The van der Waals surface area contributed by atoms with E-state index in [4.69, 9.17) is 9.47 Å². The molecule has 1 fully saturated rings. The molecule has 0 bridgehead atoms. The molecule has 0 aromatic carbocycles. The number of rotatable bonds is 54. The summed E-state index contributed by atoms with van der Waals surface area (Å²) in [5.74, 6) is -0.705. The second kappa shape index (κ2) is 51.4. The zero-order chi connectivity index (χ0) is 53.3. The van der Waals surface area contributed by atoms with Gasteiger partial charge in [-0.2, -0.15) is 0 Å². The van der Waals surface area contributed by atoms with Gasteiger partial charge in [-0.15, -0.1) is 0 Å². The van der Waals surface area contributed by atoms with E-state index in [-0.39, 0.29) is 12.8 Å². The summed E-state index contributed by atoms with van der Waals surface area (Å²) in [5.41, 5.74) is 0. The second-order valence-corrected chi connectivity index (χ2v) is 22.1. The SMILES string of the molecule is CCCCCCCCCCCCCC/C=C/CC/C=C/CCCC(O)C(O)C(COC1OC(CO)C(O)C(O)C1O)NC(=O)C(O)CCCCCCCCCCCCCCCCCCCCCCCCCCC. The zero-order valence-corrected chi connectivity index (χ0v) is 47.4. The number of ether oxygens (including phenoxy) is 2. The van der Waals surface area contributed by atoms with Gasteiger partial charge in [0.1, 0.15) is 36.6 Å². The number of hydrogen-bond donors (Lipinski definition) is 8. The van der Waals surface area contributed by atoms with Gasteiger partial charge < -0.3 is 50.5 Å². The van der Waals surface area contributed by atoms with E-state index < -0.39 is 74.2 Å². The number of unbranched alkanes of at least 4 members (excludes halogenated alkanes) is 38. The van der Waals surface area contributed by atoms with Gasteiger partial charge in [0.15, 0.2) is 6.29 Å². The second-order valence-electron chi connectivity index (χ2n) is 22.1. The van der Waals surface area contributed by atoms with Crippen LogP contribution in [0.25, 0.3) is 0 Å². The number of aliphatic hydroxyl groups is 7. The third-order valence-electron chi connectivity index (χ3n) is 15.2. The maximum atomic E-state index is 13.2. The predicted octanol–water partition coefficient (Wildman–Crippen LogP) is 13.7. The van der Waals surface area contributed by atoms with Crippen molar-refractivity contribution in [1.82, 2.24) is 5.32 Å². The largest absolute Gasteiger partial charge is 0.394 e. The molecule has 0 aromatic heterocycles. The highest BCUT2D eigenvalue weighted by Crippen LogP contribution is 2.23. The van der Waals surface area contributed by atoms with Crippen LogP contribution in [-0.4, -0.2) is 110 Å². The van der Waals surface area contributed by atoms with Gasteiger partial charge in [0.25, 0.3) is 0 Å². The highest BCUT2D eigenvalue weighted by molar-refractivity contribution is 5.80. The molecule has 9 atom stereocenters. The van der Waals surface area contributed by atoms with Crippen LogP contribution in [0.4, 0.5) is 0 Å². The standard InChI is InChI=1S/C62H119NO10/c1-3-5-7-9-11-13-15-17-19-21-23-25-26-27-28-30-32-34-36-38-40-42-44-46-48-50-55(66)61(71)63-53(52-72-62-60(70)59(69)58(68)56(51-64)73-62)57(67)54(65)49-47-45-43-41-39-37-35-33-31-29-24-22-20-18-16-14-12-10-8-6-4-2/h33,35,41,43,53-60,62,64-70H,3-32,34,36-40,42,44-52H2,1-2H3,(H,63,71)/b35-33+,43-41+. The Morgan fingerprint density at radius 3 is 1.22 bits per heavy atom. The van der Waals surface area contributed by atoms with Gasteiger partial charge in [0, 0.05) is 0 Å². The van der Waals surface area contributed by atoms with Crippen molar-refractivity contribution in [3.05, 3.63) is 24.3 Å². The minimum Gasteiger partial charge on any atom is -0.394 e. The Balaban J connectivity index is 2.29. The van der Waals surface area contributed by atoms with Crippen LogP contribution in [0.3, 0.4) is 0 Å². The Labute approximate surface area is 448 Å². The normalized spacial score (nSPS) is 20.0.